The lowest BCUT2D eigenvalue weighted by Gasteiger charge is -2.20. The lowest BCUT2D eigenvalue weighted by molar-refractivity contribution is -0.145. The normalized spacial score (nSPS) is 36.6. The highest BCUT2D eigenvalue weighted by Gasteiger charge is 2.49. The number of hydrogen-bond acceptors (Lipinski definition) is 3. The molecule has 2 fully saturated rings. The number of ketones is 1. The van der Waals surface area contributed by atoms with Crippen molar-refractivity contribution in [2.45, 2.75) is 38.5 Å². The van der Waals surface area contributed by atoms with Gasteiger partial charge in [-0.15, -0.1) is 0 Å². The van der Waals surface area contributed by atoms with Gasteiger partial charge in [0.05, 0.1) is 13.0 Å². The molecule has 2 atom stereocenters. The van der Waals surface area contributed by atoms with Gasteiger partial charge in [0.2, 0.25) is 0 Å². The molecule has 0 aromatic rings. The number of methoxy groups -OCH3 is 1. The molecule has 2 rings (SSSR count). The summed E-state index contributed by atoms with van der Waals surface area (Å²) in [6.45, 7) is 0. The maximum Gasteiger partial charge on any atom is 0.308 e. The molecule has 2 aliphatic carbocycles. The molecule has 0 heterocycles. The topological polar surface area (TPSA) is 43.4 Å². The van der Waals surface area contributed by atoms with Crippen molar-refractivity contribution in [3.8, 4) is 0 Å². The predicted molar refractivity (Wildman–Crippen MR) is 50.6 cm³/mol. The summed E-state index contributed by atoms with van der Waals surface area (Å²) in [7, 11) is 1.42. The number of carbonyl (C=O) groups excluding carboxylic acids is 2. The van der Waals surface area contributed by atoms with Crippen LogP contribution in [0.4, 0.5) is 0 Å². The summed E-state index contributed by atoms with van der Waals surface area (Å²) in [6.07, 6.45) is 5.17. The molecule has 2 saturated carbocycles. The Morgan fingerprint density at radius 3 is 2.86 bits per heavy atom. The van der Waals surface area contributed by atoms with Gasteiger partial charge >= 0.3 is 5.97 Å². The molecule has 0 amide bonds. The second-order valence-electron chi connectivity index (χ2n) is 4.52. The first kappa shape index (κ1) is 9.69. The van der Waals surface area contributed by atoms with Crippen LogP contribution in [0.25, 0.3) is 0 Å². The second-order valence-corrected chi connectivity index (χ2v) is 4.52. The quantitative estimate of drug-likeness (QED) is 0.599. The molecular formula is C11H16O3. The van der Waals surface area contributed by atoms with Gasteiger partial charge in [-0.3, -0.25) is 9.59 Å². The molecule has 1 spiro atoms. The van der Waals surface area contributed by atoms with Crippen LogP contribution in [0.5, 0.6) is 0 Å². The number of hydrogen-bond donors (Lipinski definition) is 0. The van der Waals surface area contributed by atoms with Gasteiger partial charge in [0.15, 0.2) is 0 Å². The SMILES string of the molecule is COC(=O)C1CCC2(CCCC2=O)C1. The summed E-state index contributed by atoms with van der Waals surface area (Å²) in [4.78, 5) is 23.0. The first-order valence-electron chi connectivity index (χ1n) is 5.29. The van der Waals surface area contributed by atoms with Gasteiger partial charge < -0.3 is 4.74 Å². The highest BCUT2D eigenvalue weighted by Crippen LogP contribution is 2.50. The van der Waals surface area contributed by atoms with Gasteiger partial charge in [-0.2, -0.15) is 0 Å². The first-order valence-corrected chi connectivity index (χ1v) is 5.29. The minimum absolute atomic E-state index is 0.0259. The Hall–Kier alpha value is -0.860. The maximum atomic E-state index is 11.7. The first-order chi connectivity index (χ1) is 6.68. The Balaban J connectivity index is 2.06. The summed E-state index contributed by atoms with van der Waals surface area (Å²) in [6, 6.07) is 0. The molecule has 2 aliphatic rings. The van der Waals surface area contributed by atoms with E-state index in [9.17, 15) is 9.59 Å². The van der Waals surface area contributed by atoms with E-state index in [2.05, 4.69) is 0 Å². The third-order valence-electron chi connectivity index (χ3n) is 3.79. The average Bonchev–Trinajstić information content (AvgIpc) is 2.76. The number of Topliss-reactive ketones (excluding diaryl/α,β-unsaturated/α-hetero) is 1. The zero-order chi connectivity index (χ0) is 10.2. The Kier molecular flexibility index (Phi) is 2.33. The third kappa shape index (κ3) is 1.35. The van der Waals surface area contributed by atoms with Gasteiger partial charge in [0.25, 0.3) is 0 Å². The fraction of sp³-hybridized carbons (Fsp3) is 0.818. The lowest BCUT2D eigenvalue weighted by atomic mass is 9.83. The van der Waals surface area contributed by atoms with E-state index in [4.69, 9.17) is 4.74 Å². The van der Waals surface area contributed by atoms with E-state index in [1.807, 2.05) is 0 Å². The van der Waals surface area contributed by atoms with Crippen molar-refractivity contribution in [1.82, 2.24) is 0 Å². The van der Waals surface area contributed by atoms with Crippen molar-refractivity contribution < 1.29 is 14.3 Å². The minimum Gasteiger partial charge on any atom is -0.469 e. The van der Waals surface area contributed by atoms with E-state index >= 15 is 0 Å². The Bertz CT molecular complexity index is 272. The molecule has 3 nitrogen and oxygen atoms in total. The van der Waals surface area contributed by atoms with Crippen LogP contribution in [0, 0.1) is 11.3 Å². The van der Waals surface area contributed by atoms with Crippen molar-refractivity contribution in [3.63, 3.8) is 0 Å². The van der Waals surface area contributed by atoms with Gasteiger partial charge in [-0.1, -0.05) is 0 Å². The molecule has 3 heteroatoms. The van der Waals surface area contributed by atoms with Crippen molar-refractivity contribution in [2.75, 3.05) is 7.11 Å². The van der Waals surface area contributed by atoms with Crippen molar-refractivity contribution in [3.05, 3.63) is 0 Å². The molecule has 0 bridgehead atoms. The van der Waals surface area contributed by atoms with Crippen molar-refractivity contribution >= 4 is 11.8 Å². The molecule has 0 saturated heterocycles. The van der Waals surface area contributed by atoms with Crippen LogP contribution in [0.1, 0.15) is 38.5 Å². The van der Waals surface area contributed by atoms with Gasteiger partial charge in [-0.05, 0) is 32.1 Å². The molecule has 0 aromatic heterocycles. The van der Waals surface area contributed by atoms with Crippen LogP contribution in [0.15, 0.2) is 0 Å². The fourth-order valence-corrected chi connectivity index (χ4v) is 2.97. The van der Waals surface area contributed by atoms with E-state index in [-0.39, 0.29) is 17.3 Å². The fourth-order valence-electron chi connectivity index (χ4n) is 2.97. The zero-order valence-electron chi connectivity index (χ0n) is 8.54. The van der Waals surface area contributed by atoms with E-state index in [1.165, 1.54) is 7.11 Å². The van der Waals surface area contributed by atoms with Gasteiger partial charge in [0.1, 0.15) is 5.78 Å². The maximum absolute atomic E-state index is 11.7. The van der Waals surface area contributed by atoms with Crippen LogP contribution >= 0.6 is 0 Å². The lowest BCUT2D eigenvalue weighted by Crippen LogP contribution is -2.23. The van der Waals surface area contributed by atoms with Crippen molar-refractivity contribution in [2.24, 2.45) is 11.3 Å². The number of carbonyl (C=O) groups is 2. The highest BCUT2D eigenvalue weighted by atomic mass is 16.5. The molecular weight excluding hydrogens is 180 g/mol. The number of ether oxygens (including phenoxy) is 1. The standard InChI is InChI=1S/C11H16O3/c1-14-10(13)8-4-6-11(7-8)5-2-3-9(11)12/h8H,2-7H2,1H3. The molecule has 0 aliphatic heterocycles. The summed E-state index contributed by atoms with van der Waals surface area (Å²) in [5.74, 6) is 0.215. The van der Waals surface area contributed by atoms with E-state index in [0.29, 0.717) is 12.2 Å². The Labute approximate surface area is 83.8 Å². The molecule has 2 unspecified atom stereocenters. The average molecular weight is 196 g/mol. The highest BCUT2D eigenvalue weighted by molar-refractivity contribution is 5.88. The van der Waals surface area contributed by atoms with E-state index < -0.39 is 0 Å². The molecule has 14 heavy (non-hydrogen) atoms. The van der Waals surface area contributed by atoms with Crippen LogP contribution in [0.2, 0.25) is 0 Å². The Morgan fingerprint density at radius 1 is 1.50 bits per heavy atom. The monoisotopic (exact) mass is 196 g/mol. The predicted octanol–water partition coefficient (Wildman–Crippen LogP) is 1.70. The number of esters is 1. The van der Waals surface area contributed by atoms with Crippen LogP contribution in [0.3, 0.4) is 0 Å². The smallest absolute Gasteiger partial charge is 0.308 e. The summed E-state index contributed by atoms with van der Waals surface area (Å²) in [5.41, 5.74) is -0.140. The second kappa shape index (κ2) is 3.37. The minimum atomic E-state index is -0.140. The van der Waals surface area contributed by atoms with E-state index in [0.717, 1.165) is 32.1 Å². The zero-order valence-corrected chi connectivity index (χ0v) is 8.54. The third-order valence-corrected chi connectivity index (χ3v) is 3.79. The summed E-state index contributed by atoms with van der Waals surface area (Å²) >= 11 is 0. The van der Waals surface area contributed by atoms with Crippen LogP contribution in [-0.2, 0) is 14.3 Å². The largest absolute Gasteiger partial charge is 0.469 e. The Morgan fingerprint density at radius 2 is 2.29 bits per heavy atom. The van der Waals surface area contributed by atoms with Gasteiger partial charge in [-0.25, -0.2) is 0 Å². The van der Waals surface area contributed by atoms with Crippen molar-refractivity contribution in [1.29, 1.82) is 0 Å². The van der Waals surface area contributed by atoms with Crippen LogP contribution < -0.4 is 0 Å². The van der Waals surface area contributed by atoms with Gasteiger partial charge in [0, 0.05) is 11.8 Å². The molecule has 0 aromatic carbocycles. The molecule has 0 N–H and O–H groups in total. The summed E-state index contributed by atoms with van der Waals surface area (Å²) < 4.78 is 4.72. The molecule has 78 valence electrons. The number of rotatable bonds is 1. The molecule has 0 radical (unpaired) electrons. The summed E-state index contributed by atoms with van der Waals surface area (Å²) in [5, 5.41) is 0. The van der Waals surface area contributed by atoms with E-state index in [1.54, 1.807) is 0 Å². The van der Waals surface area contributed by atoms with Crippen LogP contribution in [-0.4, -0.2) is 18.9 Å².